The van der Waals surface area contributed by atoms with Crippen LogP contribution in [0.25, 0.3) is 22.6 Å². The lowest BCUT2D eigenvalue weighted by Crippen LogP contribution is -2.09. The molecule has 0 aliphatic heterocycles. The van der Waals surface area contributed by atoms with Crippen LogP contribution in [0, 0.1) is 12.7 Å². The number of Topliss-reactive ketones (excluding diaryl/α,β-unsaturated/α-hetero) is 1. The van der Waals surface area contributed by atoms with Crippen molar-refractivity contribution in [2.75, 3.05) is 0 Å². The van der Waals surface area contributed by atoms with Gasteiger partial charge in [0.1, 0.15) is 11.5 Å². The molecule has 0 atom stereocenters. The molecule has 0 radical (unpaired) electrons. The van der Waals surface area contributed by atoms with E-state index in [9.17, 15) is 9.18 Å². The molecule has 0 spiro atoms. The minimum absolute atomic E-state index is 0.0140. The number of halogens is 1. The van der Waals surface area contributed by atoms with E-state index in [1.807, 2.05) is 42.5 Å². The summed E-state index contributed by atoms with van der Waals surface area (Å²) in [5.41, 5.74) is 10.5. The van der Waals surface area contributed by atoms with Gasteiger partial charge in [0, 0.05) is 0 Å². The molecule has 2 heterocycles. The lowest BCUT2D eigenvalue weighted by Gasteiger charge is -2.08. The van der Waals surface area contributed by atoms with Crippen LogP contribution in [0.4, 0.5) is 4.39 Å². The van der Waals surface area contributed by atoms with Crippen molar-refractivity contribution in [2.24, 2.45) is 5.73 Å². The van der Waals surface area contributed by atoms with Gasteiger partial charge in [0.15, 0.2) is 5.78 Å². The van der Waals surface area contributed by atoms with E-state index in [0.29, 0.717) is 22.0 Å². The monoisotopic (exact) mass is 506 g/mol. The van der Waals surface area contributed by atoms with Gasteiger partial charge in [-0.1, -0.05) is 73.7 Å². The first-order valence-corrected chi connectivity index (χ1v) is 12.6. The van der Waals surface area contributed by atoms with Crippen LogP contribution in [-0.4, -0.2) is 20.5 Å². The summed E-state index contributed by atoms with van der Waals surface area (Å²) in [6.07, 6.45) is 6.29. The van der Waals surface area contributed by atoms with Crippen LogP contribution in [0.2, 0.25) is 0 Å². The van der Waals surface area contributed by atoms with Crippen LogP contribution in [0.1, 0.15) is 45.6 Å². The molecule has 36 heavy (non-hydrogen) atoms. The second kappa shape index (κ2) is 14.2. The number of benzene rings is 1. The number of ketones is 1. The standard InChI is InChI=1S/C18H16FN3O.C11H19NS/c1-12-8-16(20-10-15(12)19)17-9-18(14-6-4-3-5-7-14)22(21-17)11-13(2)23;1-5-7-9(3)11(8-6-2)13-10(4)12/h3-10H,11H2,1-2H3;6H,2,4-5,7-8,12H2,1,3H3/b;11-9+. The van der Waals surface area contributed by atoms with Crippen molar-refractivity contribution < 1.29 is 9.18 Å². The van der Waals surface area contributed by atoms with Gasteiger partial charge in [-0.05, 0) is 61.8 Å². The predicted octanol–water partition coefficient (Wildman–Crippen LogP) is 7.45. The molecule has 1 aromatic carbocycles. The molecule has 0 unspecified atom stereocenters. The van der Waals surface area contributed by atoms with E-state index >= 15 is 0 Å². The zero-order valence-electron chi connectivity index (χ0n) is 21.6. The highest BCUT2D eigenvalue weighted by molar-refractivity contribution is 8.06. The average Bonchev–Trinajstić information content (AvgIpc) is 3.24. The Morgan fingerprint density at radius 2 is 1.89 bits per heavy atom. The number of aryl methyl sites for hydroxylation is 1. The maximum absolute atomic E-state index is 13.4. The SMILES string of the molecule is C=CC/C(SC(=C)N)=C(/C)CCC.CC(=O)Cn1nc(-c2cc(C)c(F)cn2)cc1-c1ccccc1. The second-order valence-electron chi connectivity index (χ2n) is 8.47. The fourth-order valence-electron chi connectivity index (χ4n) is 3.50. The lowest BCUT2D eigenvalue weighted by molar-refractivity contribution is -0.117. The van der Waals surface area contributed by atoms with Gasteiger partial charge in [-0.2, -0.15) is 5.10 Å². The van der Waals surface area contributed by atoms with Crippen molar-refractivity contribution in [3.05, 3.63) is 94.8 Å². The van der Waals surface area contributed by atoms with Gasteiger partial charge in [-0.25, -0.2) is 4.39 Å². The van der Waals surface area contributed by atoms with Crippen LogP contribution in [0.5, 0.6) is 0 Å². The molecule has 5 nitrogen and oxygen atoms in total. The van der Waals surface area contributed by atoms with Gasteiger partial charge in [0.2, 0.25) is 0 Å². The third kappa shape index (κ3) is 8.64. The first-order chi connectivity index (χ1) is 17.2. The third-order valence-electron chi connectivity index (χ3n) is 5.22. The number of hydrogen-bond donors (Lipinski definition) is 1. The van der Waals surface area contributed by atoms with E-state index in [4.69, 9.17) is 5.73 Å². The van der Waals surface area contributed by atoms with E-state index in [0.717, 1.165) is 24.1 Å². The van der Waals surface area contributed by atoms with E-state index in [-0.39, 0.29) is 18.1 Å². The summed E-state index contributed by atoms with van der Waals surface area (Å²) in [6.45, 7) is 15.1. The van der Waals surface area contributed by atoms with Crippen molar-refractivity contribution >= 4 is 17.5 Å². The Bertz CT molecular complexity index is 1230. The quantitative estimate of drug-likeness (QED) is 0.289. The predicted molar refractivity (Wildman–Crippen MR) is 150 cm³/mol. The molecule has 0 bridgehead atoms. The Hall–Kier alpha value is -3.45. The summed E-state index contributed by atoms with van der Waals surface area (Å²) < 4.78 is 15.1. The molecule has 0 amide bonds. The van der Waals surface area contributed by atoms with Crippen LogP contribution < -0.4 is 5.73 Å². The smallest absolute Gasteiger partial charge is 0.151 e. The minimum atomic E-state index is -0.347. The van der Waals surface area contributed by atoms with Gasteiger partial charge in [0.25, 0.3) is 0 Å². The van der Waals surface area contributed by atoms with Gasteiger partial charge in [-0.15, -0.1) is 6.58 Å². The fourth-order valence-corrected chi connectivity index (χ4v) is 4.29. The number of carbonyl (C=O) groups excluding carboxylic acids is 1. The number of nitrogens with zero attached hydrogens (tertiary/aromatic N) is 3. The third-order valence-corrected chi connectivity index (χ3v) is 6.24. The van der Waals surface area contributed by atoms with Crippen LogP contribution in [-0.2, 0) is 11.3 Å². The van der Waals surface area contributed by atoms with E-state index < -0.39 is 0 Å². The number of aromatic nitrogens is 3. The largest absolute Gasteiger partial charge is 0.394 e. The number of nitrogens with two attached hydrogens (primary N) is 1. The highest BCUT2D eigenvalue weighted by atomic mass is 32.2. The molecule has 0 aliphatic rings. The Morgan fingerprint density at radius 3 is 2.44 bits per heavy atom. The highest BCUT2D eigenvalue weighted by Gasteiger charge is 2.14. The molecule has 0 saturated carbocycles. The zero-order valence-corrected chi connectivity index (χ0v) is 22.4. The van der Waals surface area contributed by atoms with Crippen LogP contribution in [0.15, 0.2) is 83.4 Å². The highest BCUT2D eigenvalue weighted by Crippen LogP contribution is 2.29. The maximum Gasteiger partial charge on any atom is 0.151 e. The topological polar surface area (TPSA) is 73.8 Å². The lowest BCUT2D eigenvalue weighted by atomic mass is 10.1. The van der Waals surface area contributed by atoms with E-state index in [1.165, 1.54) is 30.0 Å². The van der Waals surface area contributed by atoms with E-state index in [2.05, 4.69) is 37.1 Å². The van der Waals surface area contributed by atoms with Crippen molar-refractivity contribution in [2.45, 2.75) is 53.5 Å². The maximum atomic E-state index is 13.4. The number of carbonyl (C=O) groups is 1. The molecule has 2 aromatic heterocycles. The molecule has 7 heteroatoms. The minimum Gasteiger partial charge on any atom is -0.394 e. The molecule has 0 fully saturated rings. The number of allylic oxidation sites excluding steroid dienone is 3. The van der Waals surface area contributed by atoms with Crippen molar-refractivity contribution in [3.63, 3.8) is 0 Å². The second-order valence-corrected chi connectivity index (χ2v) is 9.70. The first-order valence-electron chi connectivity index (χ1n) is 11.8. The summed E-state index contributed by atoms with van der Waals surface area (Å²) >= 11 is 1.56. The zero-order chi connectivity index (χ0) is 26.7. The van der Waals surface area contributed by atoms with Gasteiger partial charge in [0.05, 0.1) is 29.2 Å². The molecule has 0 aliphatic carbocycles. The summed E-state index contributed by atoms with van der Waals surface area (Å²) in [5, 5.41) is 5.14. The molecule has 3 rings (SSSR count). The Balaban J connectivity index is 0.000000302. The van der Waals surface area contributed by atoms with Gasteiger partial charge in [-0.3, -0.25) is 14.5 Å². The molecule has 3 aromatic rings. The average molecular weight is 507 g/mol. The Labute approximate surface area is 218 Å². The summed E-state index contributed by atoms with van der Waals surface area (Å²) in [6, 6.07) is 13.2. The van der Waals surface area contributed by atoms with Crippen molar-refractivity contribution in [1.29, 1.82) is 0 Å². The Morgan fingerprint density at radius 1 is 1.19 bits per heavy atom. The summed E-state index contributed by atoms with van der Waals surface area (Å²) in [7, 11) is 0. The van der Waals surface area contributed by atoms with Crippen molar-refractivity contribution in [1.82, 2.24) is 14.8 Å². The normalized spacial score (nSPS) is 11.2. The number of thioether (sulfide) groups is 1. The molecular weight excluding hydrogens is 471 g/mol. The summed E-state index contributed by atoms with van der Waals surface area (Å²) in [4.78, 5) is 16.9. The number of pyridine rings is 1. The fraction of sp³-hybridized carbons (Fsp3) is 0.276. The van der Waals surface area contributed by atoms with E-state index in [1.54, 1.807) is 29.4 Å². The molecule has 190 valence electrons. The molecule has 2 N–H and O–H groups in total. The van der Waals surface area contributed by atoms with Crippen LogP contribution >= 0.6 is 11.8 Å². The van der Waals surface area contributed by atoms with Gasteiger partial charge < -0.3 is 5.73 Å². The van der Waals surface area contributed by atoms with Gasteiger partial charge >= 0.3 is 0 Å². The molecule has 0 saturated heterocycles. The van der Waals surface area contributed by atoms with Crippen LogP contribution in [0.3, 0.4) is 0 Å². The number of hydrogen-bond acceptors (Lipinski definition) is 5. The van der Waals surface area contributed by atoms with Crippen molar-refractivity contribution in [3.8, 4) is 22.6 Å². The Kier molecular flexibility index (Phi) is 11.3. The summed E-state index contributed by atoms with van der Waals surface area (Å²) in [5.74, 6) is -0.333. The molecular formula is C29H35FN4OS. The number of rotatable bonds is 10. The first kappa shape index (κ1) is 28.8.